The molecular weight excluding hydrogens is 485 g/mol. The molecule has 0 aromatic heterocycles. The first-order valence-electron chi connectivity index (χ1n) is 10.5. The van der Waals surface area contributed by atoms with Crippen LogP contribution in [-0.2, 0) is 26.2 Å². The molecule has 33 heavy (non-hydrogen) atoms. The highest BCUT2D eigenvalue weighted by molar-refractivity contribution is 7.92. The van der Waals surface area contributed by atoms with Gasteiger partial charge in [0.25, 0.3) is 0 Å². The number of nitrogens with zero attached hydrogens (tertiary/aromatic N) is 2. The quantitative estimate of drug-likeness (QED) is 0.518. The van der Waals surface area contributed by atoms with E-state index in [4.69, 9.17) is 23.2 Å². The number of hydrogen-bond donors (Lipinski definition) is 1. The number of halogens is 2. The zero-order valence-corrected chi connectivity index (χ0v) is 21.4. The van der Waals surface area contributed by atoms with E-state index in [-0.39, 0.29) is 29.2 Å². The predicted octanol–water partition coefficient (Wildman–Crippen LogP) is 4.09. The fourth-order valence-corrected chi connectivity index (χ4v) is 4.70. The molecule has 0 aliphatic carbocycles. The standard InChI is InChI=1S/C23H29Cl2N3O4S/c1-5-20(23(30)26-16(2)3)27(14-17-10-6-7-11-18(17)24)22(29)15-28(33(4,31)32)21-13-9-8-12-19(21)25/h6-13,16,20H,5,14-15H2,1-4H3,(H,26,30). The molecule has 0 aliphatic heterocycles. The number of carbonyl (C=O) groups is 2. The average molecular weight is 514 g/mol. The first-order valence-corrected chi connectivity index (χ1v) is 13.1. The Morgan fingerprint density at radius 1 is 1.00 bits per heavy atom. The Balaban J connectivity index is 2.47. The molecule has 2 aromatic carbocycles. The molecule has 1 N–H and O–H groups in total. The number of carbonyl (C=O) groups excluding carboxylic acids is 2. The lowest BCUT2D eigenvalue weighted by atomic mass is 10.1. The van der Waals surface area contributed by atoms with Crippen molar-refractivity contribution in [2.75, 3.05) is 17.1 Å². The summed E-state index contributed by atoms with van der Waals surface area (Å²) in [5.41, 5.74) is 0.833. The Morgan fingerprint density at radius 2 is 1.58 bits per heavy atom. The monoisotopic (exact) mass is 513 g/mol. The first-order chi connectivity index (χ1) is 15.5. The van der Waals surface area contributed by atoms with Crippen molar-refractivity contribution in [2.24, 2.45) is 0 Å². The highest BCUT2D eigenvalue weighted by Gasteiger charge is 2.32. The van der Waals surface area contributed by atoms with Gasteiger partial charge in [0, 0.05) is 17.6 Å². The van der Waals surface area contributed by atoms with Crippen LogP contribution < -0.4 is 9.62 Å². The van der Waals surface area contributed by atoms with E-state index in [1.54, 1.807) is 49.4 Å². The fraction of sp³-hybridized carbons (Fsp3) is 0.391. The summed E-state index contributed by atoms with van der Waals surface area (Å²) in [4.78, 5) is 27.8. The topological polar surface area (TPSA) is 86.8 Å². The van der Waals surface area contributed by atoms with Gasteiger partial charge < -0.3 is 10.2 Å². The van der Waals surface area contributed by atoms with Crippen LogP contribution in [0.15, 0.2) is 48.5 Å². The van der Waals surface area contributed by atoms with Crippen LogP contribution in [0, 0.1) is 0 Å². The molecule has 2 aromatic rings. The third-order valence-corrected chi connectivity index (χ3v) is 6.73. The summed E-state index contributed by atoms with van der Waals surface area (Å²) >= 11 is 12.5. The van der Waals surface area contributed by atoms with Crippen molar-refractivity contribution in [3.05, 3.63) is 64.1 Å². The number of hydrogen-bond acceptors (Lipinski definition) is 4. The van der Waals surface area contributed by atoms with Crippen LogP contribution in [0.3, 0.4) is 0 Å². The highest BCUT2D eigenvalue weighted by atomic mass is 35.5. The molecule has 0 radical (unpaired) electrons. The van der Waals surface area contributed by atoms with Crippen molar-refractivity contribution in [3.63, 3.8) is 0 Å². The number of rotatable bonds is 10. The van der Waals surface area contributed by atoms with Gasteiger partial charge >= 0.3 is 0 Å². The first kappa shape index (κ1) is 27.0. The third kappa shape index (κ3) is 7.35. The number of benzene rings is 2. The minimum atomic E-state index is -3.85. The maximum atomic E-state index is 13.5. The van der Waals surface area contributed by atoms with Crippen LogP contribution in [0.1, 0.15) is 32.8 Å². The zero-order valence-electron chi connectivity index (χ0n) is 19.1. The minimum absolute atomic E-state index is 0.0443. The highest BCUT2D eigenvalue weighted by Crippen LogP contribution is 2.28. The Kier molecular flexibility index (Phi) is 9.57. The van der Waals surface area contributed by atoms with Crippen molar-refractivity contribution in [1.29, 1.82) is 0 Å². The van der Waals surface area contributed by atoms with Gasteiger partial charge in [0.05, 0.1) is 17.0 Å². The van der Waals surface area contributed by atoms with E-state index in [1.165, 1.54) is 11.0 Å². The Bertz CT molecular complexity index is 1090. The molecule has 10 heteroatoms. The number of amides is 2. The maximum Gasteiger partial charge on any atom is 0.244 e. The lowest BCUT2D eigenvalue weighted by Gasteiger charge is -2.33. The van der Waals surface area contributed by atoms with Crippen LogP contribution in [0.5, 0.6) is 0 Å². The summed E-state index contributed by atoms with van der Waals surface area (Å²) in [7, 11) is -3.85. The SMILES string of the molecule is CCC(C(=O)NC(C)C)N(Cc1ccccc1Cl)C(=O)CN(c1ccccc1Cl)S(C)(=O)=O. The van der Waals surface area contributed by atoms with Gasteiger partial charge in [0.2, 0.25) is 21.8 Å². The molecular formula is C23H29Cl2N3O4S. The van der Waals surface area contributed by atoms with E-state index in [9.17, 15) is 18.0 Å². The zero-order chi connectivity index (χ0) is 24.8. The van der Waals surface area contributed by atoms with Crippen molar-refractivity contribution in [1.82, 2.24) is 10.2 Å². The minimum Gasteiger partial charge on any atom is -0.352 e. The third-order valence-electron chi connectivity index (χ3n) is 4.92. The van der Waals surface area contributed by atoms with E-state index < -0.39 is 28.5 Å². The van der Waals surface area contributed by atoms with Gasteiger partial charge in [-0.05, 0) is 44.0 Å². The average Bonchev–Trinajstić information content (AvgIpc) is 2.72. The van der Waals surface area contributed by atoms with Gasteiger partial charge in [-0.15, -0.1) is 0 Å². The lowest BCUT2D eigenvalue weighted by molar-refractivity contribution is -0.140. The van der Waals surface area contributed by atoms with Crippen molar-refractivity contribution >= 4 is 50.7 Å². The molecule has 7 nitrogen and oxygen atoms in total. The largest absolute Gasteiger partial charge is 0.352 e. The lowest BCUT2D eigenvalue weighted by Crippen LogP contribution is -2.53. The van der Waals surface area contributed by atoms with Crippen LogP contribution in [-0.4, -0.2) is 50.0 Å². The summed E-state index contributed by atoms with van der Waals surface area (Å²) in [6, 6.07) is 12.4. The summed E-state index contributed by atoms with van der Waals surface area (Å²) in [5, 5.41) is 3.47. The summed E-state index contributed by atoms with van der Waals surface area (Å²) in [6.07, 6.45) is 1.34. The molecule has 0 heterocycles. The molecule has 0 aliphatic rings. The van der Waals surface area contributed by atoms with Crippen LogP contribution in [0.25, 0.3) is 0 Å². The van der Waals surface area contributed by atoms with Gasteiger partial charge in [-0.3, -0.25) is 13.9 Å². The van der Waals surface area contributed by atoms with E-state index in [0.29, 0.717) is 17.0 Å². The number of nitrogens with one attached hydrogen (secondary N) is 1. The second-order valence-corrected chi connectivity index (χ2v) is 10.6. The van der Waals surface area contributed by atoms with Crippen molar-refractivity contribution in [2.45, 2.75) is 45.8 Å². The molecule has 1 atom stereocenters. The van der Waals surface area contributed by atoms with Gasteiger partial charge in [0.15, 0.2) is 0 Å². The Hall–Kier alpha value is -2.29. The Labute approximate surface area is 205 Å². The fourth-order valence-electron chi connectivity index (χ4n) is 3.36. The smallest absolute Gasteiger partial charge is 0.244 e. The number of sulfonamides is 1. The van der Waals surface area contributed by atoms with Crippen molar-refractivity contribution < 1.29 is 18.0 Å². The van der Waals surface area contributed by atoms with Crippen molar-refractivity contribution in [3.8, 4) is 0 Å². The summed E-state index contributed by atoms with van der Waals surface area (Å²) < 4.78 is 26.1. The normalized spacial score (nSPS) is 12.3. The molecule has 0 bridgehead atoms. The Morgan fingerprint density at radius 3 is 2.09 bits per heavy atom. The van der Waals surface area contributed by atoms with E-state index in [1.807, 2.05) is 13.8 Å². The second kappa shape index (κ2) is 11.7. The van der Waals surface area contributed by atoms with E-state index in [0.717, 1.165) is 10.6 Å². The molecule has 2 amide bonds. The second-order valence-electron chi connectivity index (χ2n) is 7.92. The van der Waals surface area contributed by atoms with E-state index >= 15 is 0 Å². The molecule has 180 valence electrons. The molecule has 0 fully saturated rings. The predicted molar refractivity (Wildman–Crippen MR) is 133 cm³/mol. The van der Waals surface area contributed by atoms with Gasteiger partial charge in [-0.25, -0.2) is 8.42 Å². The summed E-state index contributed by atoms with van der Waals surface area (Å²) in [5.74, 6) is -0.873. The maximum absolute atomic E-state index is 13.5. The molecule has 0 saturated heterocycles. The number of para-hydroxylation sites is 1. The van der Waals surface area contributed by atoms with Crippen LogP contribution >= 0.6 is 23.2 Å². The van der Waals surface area contributed by atoms with Gasteiger partial charge in [0.1, 0.15) is 12.6 Å². The van der Waals surface area contributed by atoms with Crippen LogP contribution in [0.4, 0.5) is 5.69 Å². The molecule has 2 rings (SSSR count). The molecule has 0 spiro atoms. The summed E-state index contributed by atoms with van der Waals surface area (Å²) in [6.45, 7) is 4.97. The number of anilines is 1. The molecule has 1 unspecified atom stereocenters. The van der Waals surface area contributed by atoms with Gasteiger partial charge in [-0.1, -0.05) is 60.5 Å². The van der Waals surface area contributed by atoms with E-state index in [2.05, 4.69) is 5.32 Å². The molecule has 0 saturated carbocycles. The van der Waals surface area contributed by atoms with Gasteiger partial charge in [-0.2, -0.15) is 0 Å². The van der Waals surface area contributed by atoms with Crippen LogP contribution in [0.2, 0.25) is 10.0 Å².